The number of allylic oxidation sites excluding steroid dienone is 8. The first-order valence-corrected chi connectivity index (χ1v) is 12.2. The standard InChI is InChI=1S/C30H31ClN2/c1-29(2)22-12-5-7-14-24(22)32-26(29)18-16-20-10-9-11-21(28(20)31)17-19-27-30(3,4)23-13-6-8-15-25(23)33-27/h5-8,12-19,32H,9-11H2,1-4H3/b19-17+,20-16+,26-18+. The minimum atomic E-state index is -0.0907. The van der Waals surface area contributed by atoms with Gasteiger partial charge in [0.05, 0.1) is 11.4 Å². The maximum absolute atomic E-state index is 6.91. The van der Waals surface area contributed by atoms with Crippen LogP contribution in [0.25, 0.3) is 0 Å². The third kappa shape index (κ3) is 3.81. The van der Waals surface area contributed by atoms with Crippen LogP contribution in [0.4, 0.5) is 11.4 Å². The van der Waals surface area contributed by atoms with Crippen molar-refractivity contribution >= 4 is 28.7 Å². The fourth-order valence-corrected chi connectivity index (χ4v) is 5.47. The molecule has 2 nitrogen and oxygen atoms in total. The molecule has 0 atom stereocenters. The van der Waals surface area contributed by atoms with Gasteiger partial charge in [-0.05, 0) is 65.8 Å². The van der Waals surface area contributed by atoms with Gasteiger partial charge in [-0.3, -0.25) is 4.99 Å². The first-order valence-electron chi connectivity index (χ1n) is 11.8. The van der Waals surface area contributed by atoms with Crippen molar-refractivity contribution in [1.29, 1.82) is 0 Å². The molecule has 0 bridgehead atoms. The Kier molecular flexibility index (Phi) is 5.45. The van der Waals surface area contributed by atoms with Crippen LogP contribution in [-0.4, -0.2) is 5.71 Å². The Hall–Kier alpha value is -2.84. The number of para-hydroxylation sites is 2. The predicted octanol–water partition coefficient (Wildman–Crippen LogP) is 8.50. The van der Waals surface area contributed by atoms with Gasteiger partial charge in [0.1, 0.15) is 0 Å². The predicted molar refractivity (Wildman–Crippen MR) is 142 cm³/mol. The van der Waals surface area contributed by atoms with Crippen molar-refractivity contribution in [3.63, 3.8) is 0 Å². The van der Waals surface area contributed by atoms with Crippen LogP contribution in [0.3, 0.4) is 0 Å². The molecule has 3 heteroatoms. The molecular formula is C30H31ClN2. The van der Waals surface area contributed by atoms with Gasteiger partial charge in [0.15, 0.2) is 0 Å². The second-order valence-corrected chi connectivity index (χ2v) is 10.6. The van der Waals surface area contributed by atoms with Crippen molar-refractivity contribution in [2.45, 2.75) is 57.8 Å². The molecule has 2 aliphatic heterocycles. The number of rotatable bonds is 3. The van der Waals surface area contributed by atoms with E-state index in [2.05, 4.69) is 106 Å². The molecule has 2 aromatic carbocycles. The van der Waals surface area contributed by atoms with Crippen LogP contribution < -0.4 is 5.32 Å². The fraction of sp³-hybridized carbons (Fsp3) is 0.300. The second-order valence-electron chi connectivity index (χ2n) is 10.2. The van der Waals surface area contributed by atoms with Crippen LogP contribution in [0.1, 0.15) is 58.1 Å². The minimum Gasteiger partial charge on any atom is -0.358 e. The average molecular weight is 455 g/mol. The molecule has 168 valence electrons. The Balaban J connectivity index is 1.41. The molecule has 2 heterocycles. The lowest BCUT2D eigenvalue weighted by Crippen LogP contribution is -2.23. The van der Waals surface area contributed by atoms with E-state index >= 15 is 0 Å². The molecule has 0 radical (unpaired) electrons. The largest absolute Gasteiger partial charge is 0.358 e. The maximum atomic E-state index is 6.91. The van der Waals surface area contributed by atoms with Gasteiger partial charge < -0.3 is 5.32 Å². The van der Waals surface area contributed by atoms with Crippen molar-refractivity contribution < 1.29 is 0 Å². The van der Waals surface area contributed by atoms with E-state index in [0.29, 0.717) is 0 Å². The number of benzene rings is 2. The van der Waals surface area contributed by atoms with E-state index in [1.165, 1.54) is 33.7 Å². The highest BCUT2D eigenvalue weighted by Gasteiger charge is 2.34. The molecule has 0 amide bonds. The summed E-state index contributed by atoms with van der Waals surface area (Å²) in [6.07, 6.45) is 11.9. The number of hydrogen-bond donors (Lipinski definition) is 1. The van der Waals surface area contributed by atoms with Crippen molar-refractivity contribution in [3.05, 3.63) is 106 Å². The van der Waals surface area contributed by atoms with E-state index in [4.69, 9.17) is 16.6 Å². The highest BCUT2D eigenvalue weighted by molar-refractivity contribution is 6.32. The Morgan fingerprint density at radius 1 is 0.848 bits per heavy atom. The first-order chi connectivity index (χ1) is 15.8. The maximum Gasteiger partial charge on any atom is 0.0674 e. The average Bonchev–Trinajstić information content (AvgIpc) is 3.21. The molecule has 3 aliphatic rings. The molecule has 5 rings (SSSR count). The Labute approximate surface area is 202 Å². The molecule has 33 heavy (non-hydrogen) atoms. The molecule has 0 unspecified atom stereocenters. The third-order valence-electron chi connectivity index (χ3n) is 7.35. The van der Waals surface area contributed by atoms with Crippen LogP contribution in [0.2, 0.25) is 0 Å². The molecule has 2 aromatic rings. The summed E-state index contributed by atoms with van der Waals surface area (Å²) in [7, 11) is 0. The number of fused-ring (bicyclic) bond motifs is 2. The lowest BCUT2D eigenvalue weighted by atomic mass is 9.81. The van der Waals surface area contributed by atoms with E-state index < -0.39 is 0 Å². The molecule has 1 aliphatic carbocycles. The Bertz CT molecular complexity index is 1270. The van der Waals surface area contributed by atoms with Crippen LogP contribution in [0.15, 0.2) is 99.7 Å². The highest BCUT2D eigenvalue weighted by atomic mass is 35.5. The zero-order valence-corrected chi connectivity index (χ0v) is 20.6. The molecule has 0 fully saturated rings. The van der Waals surface area contributed by atoms with Gasteiger partial charge in [0.2, 0.25) is 0 Å². The van der Waals surface area contributed by atoms with Gasteiger partial charge >= 0.3 is 0 Å². The number of anilines is 1. The summed E-state index contributed by atoms with van der Waals surface area (Å²) in [5.41, 5.74) is 9.47. The summed E-state index contributed by atoms with van der Waals surface area (Å²) in [5, 5.41) is 4.48. The van der Waals surface area contributed by atoms with E-state index in [9.17, 15) is 0 Å². The summed E-state index contributed by atoms with van der Waals surface area (Å²) in [4.78, 5) is 4.89. The number of hydrogen-bond acceptors (Lipinski definition) is 2. The zero-order valence-electron chi connectivity index (χ0n) is 19.9. The summed E-state index contributed by atoms with van der Waals surface area (Å²) >= 11 is 6.91. The van der Waals surface area contributed by atoms with Gasteiger partial charge in [-0.1, -0.05) is 87.8 Å². The number of halogens is 1. The van der Waals surface area contributed by atoms with Crippen molar-refractivity contribution in [3.8, 4) is 0 Å². The van der Waals surface area contributed by atoms with E-state index in [1.807, 2.05) is 0 Å². The molecular weight excluding hydrogens is 424 g/mol. The van der Waals surface area contributed by atoms with Crippen LogP contribution >= 0.6 is 11.6 Å². The quantitative estimate of drug-likeness (QED) is 0.493. The number of nitrogens with zero attached hydrogens (tertiary/aromatic N) is 1. The van der Waals surface area contributed by atoms with Gasteiger partial charge in [0, 0.05) is 27.2 Å². The fourth-order valence-electron chi connectivity index (χ4n) is 5.16. The minimum absolute atomic E-state index is 0.0392. The normalized spacial score (nSPS) is 23.1. The highest BCUT2D eigenvalue weighted by Crippen LogP contribution is 2.44. The Morgan fingerprint density at radius 3 is 2.33 bits per heavy atom. The van der Waals surface area contributed by atoms with Gasteiger partial charge in [0.25, 0.3) is 0 Å². The van der Waals surface area contributed by atoms with E-state index in [-0.39, 0.29) is 10.8 Å². The SMILES string of the molecule is CC1(C)C(/C=C/C2=C(Cl)C(=C/C=C3/Nc4ccccc4C3(C)C)/CCC2)=Nc2ccccc21. The van der Waals surface area contributed by atoms with E-state index in [1.54, 1.807) is 0 Å². The van der Waals surface area contributed by atoms with Gasteiger partial charge in [-0.2, -0.15) is 0 Å². The molecule has 0 saturated carbocycles. The van der Waals surface area contributed by atoms with Crippen molar-refractivity contribution in [2.75, 3.05) is 5.32 Å². The Morgan fingerprint density at radius 2 is 1.58 bits per heavy atom. The first kappa shape index (κ1) is 22.0. The van der Waals surface area contributed by atoms with Crippen molar-refractivity contribution in [2.24, 2.45) is 4.99 Å². The summed E-state index contributed by atoms with van der Waals surface area (Å²) in [6.45, 7) is 9.02. The number of nitrogens with one attached hydrogen (secondary N) is 1. The molecule has 0 saturated heterocycles. The smallest absolute Gasteiger partial charge is 0.0674 e. The molecule has 0 aromatic heterocycles. The number of aliphatic imine (C=N–C) groups is 1. The molecule has 0 spiro atoms. The van der Waals surface area contributed by atoms with Gasteiger partial charge in [-0.15, -0.1) is 0 Å². The van der Waals surface area contributed by atoms with Crippen LogP contribution in [-0.2, 0) is 10.8 Å². The van der Waals surface area contributed by atoms with Crippen molar-refractivity contribution in [1.82, 2.24) is 0 Å². The summed E-state index contributed by atoms with van der Waals surface area (Å²) in [5.74, 6) is 0. The zero-order chi connectivity index (χ0) is 23.2. The summed E-state index contributed by atoms with van der Waals surface area (Å²) in [6, 6.07) is 17.0. The lowest BCUT2D eigenvalue weighted by Gasteiger charge is -2.21. The van der Waals surface area contributed by atoms with Gasteiger partial charge in [-0.25, -0.2) is 0 Å². The monoisotopic (exact) mass is 454 g/mol. The summed E-state index contributed by atoms with van der Waals surface area (Å²) < 4.78 is 0. The third-order valence-corrected chi connectivity index (χ3v) is 7.84. The topological polar surface area (TPSA) is 24.4 Å². The van der Waals surface area contributed by atoms with E-state index in [0.717, 1.165) is 35.7 Å². The molecule has 1 N–H and O–H groups in total. The lowest BCUT2D eigenvalue weighted by molar-refractivity contribution is 0.654. The van der Waals surface area contributed by atoms with Crippen LogP contribution in [0, 0.1) is 0 Å². The second kappa shape index (κ2) is 8.18. The van der Waals surface area contributed by atoms with Crippen LogP contribution in [0.5, 0.6) is 0 Å².